The zero-order valence-corrected chi connectivity index (χ0v) is 24.6. The number of hydrogen-bond donors (Lipinski definition) is 1. The van der Waals surface area contributed by atoms with Gasteiger partial charge in [0.1, 0.15) is 6.17 Å². The largest absolute Gasteiger partial charge is 0.449 e. The van der Waals surface area contributed by atoms with Crippen molar-refractivity contribution in [2.45, 2.75) is 76.9 Å². The molecular formula is C30H34F2O6S2. The van der Waals surface area contributed by atoms with Gasteiger partial charge in [-0.1, -0.05) is 44.7 Å². The van der Waals surface area contributed by atoms with Crippen molar-refractivity contribution in [2.24, 2.45) is 28.6 Å². The molecule has 0 unspecified atom stereocenters. The number of thioether (sulfide) groups is 1. The second kappa shape index (κ2) is 9.98. The highest BCUT2D eigenvalue weighted by atomic mass is 32.2. The lowest BCUT2D eigenvalue weighted by Crippen LogP contribution is -2.70. The third kappa shape index (κ3) is 3.88. The third-order valence-electron chi connectivity index (χ3n) is 10.2. The van der Waals surface area contributed by atoms with Crippen LogP contribution < -0.4 is 0 Å². The van der Waals surface area contributed by atoms with Gasteiger partial charge in [0.05, 0.1) is 16.7 Å². The van der Waals surface area contributed by atoms with Gasteiger partial charge in [0.15, 0.2) is 22.8 Å². The second-order valence-corrected chi connectivity index (χ2v) is 13.9. The van der Waals surface area contributed by atoms with Crippen LogP contribution in [0, 0.1) is 28.6 Å². The van der Waals surface area contributed by atoms with Crippen LogP contribution in [0.5, 0.6) is 0 Å². The minimum Gasteiger partial charge on any atom is -0.449 e. The first-order valence-electron chi connectivity index (χ1n) is 13.7. The molecule has 3 saturated carbocycles. The predicted molar refractivity (Wildman–Crippen MR) is 148 cm³/mol. The zero-order valence-electron chi connectivity index (χ0n) is 22.9. The van der Waals surface area contributed by atoms with Crippen molar-refractivity contribution in [1.82, 2.24) is 0 Å². The van der Waals surface area contributed by atoms with Gasteiger partial charge in [0.25, 0.3) is 0 Å². The van der Waals surface area contributed by atoms with Gasteiger partial charge in [0, 0.05) is 29.1 Å². The van der Waals surface area contributed by atoms with Crippen molar-refractivity contribution >= 4 is 45.7 Å². The Hall–Kier alpha value is -2.17. The number of aliphatic hydroxyl groups excluding tert-OH is 1. The number of aliphatic hydroxyl groups is 1. The number of esters is 1. The van der Waals surface area contributed by atoms with Crippen LogP contribution in [0.3, 0.4) is 0 Å². The van der Waals surface area contributed by atoms with Gasteiger partial charge in [-0.25, -0.2) is 8.78 Å². The lowest BCUT2D eigenvalue weighted by Gasteiger charge is -2.63. The topological polar surface area (TPSA) is 97.7 Å². The number of alkyl halides is 2. The number of halogens is 2. The van der Waals surface area contributed by atoms with Crippen LogP contribution in [0.2, 0.25) is 0 Å². The van der Waals surface area contributed by atoms with E-state index in [0.29, 0.717) is 4.88 Å². The number of rotatable bonds is 6. The first kappa shape index (κ1) is 29.3. The van der Waals surface area contributed by atoms with Crippen LogP contribution in [-0.2, 0) is 19.1 Å². The molecule has 1 aromatic rings. The number of thiophene rings is 1. The Morgan fingerprint density at radius 3 is 2.60 bits per heavy atom. The minimum atomic E-state index is -2.31. The predicted octanol–water partition coefficient (Wildman–Crippen LogP) is 5.45. The van der Waals surface area contributed by atoms with Gasteiger partial charge in [-0.3, -0.25) is 19.2 Å². The monoisotopic (exact) mass is 592 g/mol. The van der Waals surface area contributed by atoms with Gasteiger partial charge in [-0.2, -0.15) is 0 Å². The minimum absolute atomic E-state index is 0.00206. The Balaban J connectivity index is 1.56. The summed E-state index contributed by atoms with van der Waals surface area (Å²) in [5.41, 5.74) is -6.80. The molecule has 0 spiro atoms. The molecule has 3 fully saturated rings. The average molecular weight is 593 g/mol. The van der Waals surface area contributed by atoms with Crippen molar-refractivity contribution in [3.8, 4) is 0 Å². The Morgan fingerprint density at radius 2 is 1.95 bits per heavy atom. The smallest absolute Gasteiger partial charge is 0.306 e. The normalized spacial score (nSPS) is 41.9. The fourth-order valence-electron chi connectivity index (χ4n) is 8.22. The molecule has 4 aliphatic carbocycles. The number of carbonyl (C=O) groups is 4. The summed E-state index contributed by atoms with van der Waals surface area (Å²) in [6.45, 7) is 6.62. The number of Topliss-reactive ketones (excluding diaryl/α,β-unsaturated/α-hetero) is 1. The average Bonchev–Trinajstić information content (AvgIpc) is 3.52. The number of ketones is 2. The van der Waals surface area contributed by atoms with E-state index in [9.17, 15) is 24.3 Å². The summed E-state index contributed by atoms with van der Waals surface area (Å²) >= 11 is 2.04. The van der Waals surface area contributed by atoms with E-state index >= 15 is 8.78 Å². The highest BCUT2D eigenvalue weighted by Gasteiger charge is 2.78. The summed E-state index contributed by atoms with van der Waals surface area (Å²) in [5.74, 6) is -3.62. The summed E-state index contributed by atoms with van der Waals surface area (Å²) < 4.78 is 39.3. The number of carbonyl (C=O) groups excluding carboxylic acids is 4. The molecule has 40 heavy (non-hydrogen) atoms. The Morgan fingerprint density at radius 1 is 1.23 bits per heavy atom. The van der Waals surface area contributed by atoms with E-state index in [1.165, 1.54) is 30.4 Å². The van der Waals surface area contributed by atoms with E-state index in [-0.39, 0.29) is 42.8 Å². The lowest BCUT2D eigenvalue weighted by molar-refractivity contribution is -0.228. The van der Waals surface area contributed by atoms with Crippen LogP contribution >= 0.6 is 23.1 Å². The van der Waals surface area contributed by atoms with Gasteiger partial charge in [0.2, 0.25) is 5.12 Å². The molecule has 5 rings (SSSR count). The Kier molecular flexibility index (Phi) is 7.32. The number of fused-ring (bicyclic) bond motifs is 5. The lowest BCUT2D eigenvalue weighted by atomic mass is 9.44. The van der Waals surface area contributed by atoms with Crippen LogP contribution in [0.25, 0.3) is 0 Å². The van der Waals surface area contributed by atoms with E-state index in [1.807, 2.05) is 0 Å². The quantitative estimate of drug-likeness (QED) is 0.347. The maximum atomic E-state index is 17.5. The van der Waals surface area contributed by atoms with E-state index in [4.69, 9.17) is 4.74 Å². The van der Waals surface area contributed by atoms with E-state index in [1.54, 1.807) is 38.3 Å². The maximum Gasteiger partial charge on any atom is 0.306 e. The highest BCUT2D eigenvalue weighted by Crippen LogP contribution is 2.72. The van der Waals surface area contributed by atoms with Crippen molar-refractivity contribution in [1.29, 1.82) is 0 Å². The number of ether oxygens (including phenoxy) is 1. The molecule has 1 N–H and O–H groups in total. The van der Waals surface area contributed by atoms with E-state index < -0.39 is 69.0 Å². The first-order chi connectivity index (χ1) is 18.8. The van der Waals surface area contributed by atoms with Crippen LogP contribution in [-0.4, -0.2) is 57.1 Å². The van der Waals surface area contributed by atoms with Crippen molar-refractivity contribution < 1.29 is 37.8 Å². The van der Waals surface area contributed by atoms with Crippen LogP contribution in [0.1, 0.15) is 63.0 Å². The third-order valence-corrected chi connectivity index (χ3v) is 12.0. The summed E-state index contributed by atoms with van der Waals surface area (Å²) in [4.78, 5) is 52.3. The zero-order chi connectivity index (χ0) is 29.3. The second-order valence-electron chi connectivity index (χ2n) is 12.0. The SMILES string of the molecule is CCC(=O)O[C@]1(C(=O)SCC(=O)c2cccs2)[C@H](C)C[C@H]2[C@@H]3C[C@H](F)C4=CC(=O)C=C[C@]4(C)[C@@]3(F)[C@@H](O)C[C@@]21C. The Bertz CT molecular complexity index is 1310. The molecule has 0 saturated heterocycles. The molecule has 0 aromatic carbocycles. The summed E-state index contributed by atoms with van der Waals surface area (Å²) in [6.07, 6.45) is 0.276. The van der Waals surface area contributed by atoms with Crippen molar-refractivity contribution in [2.75, 3.05) is 5.75 Å². The van der Waals surface area contributed by atoms with Crippen molar-refractivity contribution in [3.63, 3.8) is 0 Å². The van der Waals surface area contributed by atoms with Crippen LogP contribution in [0.4, 0.5) is 8.78 Å². The molecule has 9 atom stereocenters. The summed E-state index contributed by atoms with van der Waals surface area (Å²) in [6, 6.07) is 3.42. The molecule has 216 valence electrons. The van der Waals surface area contributed by atoms with Crippen molar-refractivity contribution in [3.05, 3.63) is 46.2 Å². The molecule has 0 amide bonds. The standard InChI is InChI=1S/C30H34F2O6S2/c1-5-25(36)38-30(26(37)40-15-22(34)23-7-6-10-39-23)16(2)11-18-19-13-21(31)20-12-17(33)8-9-27(20,3)29(19,32)24(35)14-28(18,30)4/h6-10,12,16,18-19,21,24,35H,5,11,13-15H2,1-4H3/t16-,18+,19+,21+,24+,27+,28+,29+,30+/m1/s1. The van der Waals surface area contributed by atoms with Gasteiger partial charge < -0.3 is 9.84 Å². The summed E-state index contributed by atoms with van der Waals surface area (Å²) in [5, 5.41) is 12.9. The Labute approximate surface area is 240 Å². The maximum absolute atomic E-state index is 17.5. The number of hydrogen-bond acceptors (Lipinski definition) is 8. The molecule has 1 aromatic heterocycles. The molecule has 6 nitrogen and oxygen atoms in total. The molecule has 10 heteroatoms. The molecule has 0 bridgehead atoms. The molecule has 0 aliphatic heterocycles. The molecule has 0 radical (unpaired) electrons. The van der Waals surface area contributed by atoms with Gasteiger partial charge >= 0.3 is 5.97 Å². The number of allylic oxidation sites excluding steroid dienone is 4. The van der Waals surface area contributed by atoms with E-state index in [2.05, 4.69) is 0 Å². The van der Waals surface area contributed by atoms with Gasteiger partial charge in [-0.05, 0) is 61.3 Å². The molecular weight excluding hydrogens is 558 g/mol. The fraction of sp³-hybridized carbons (Fsp3) is 0.600. The highest BCUT2D eigenvalue weighted by molar-refractivity contribution is 8.14. The fourth-order valence-corrected chi connectivity index (χ4v) is 10.1. The summed E-state index contributed by atoms with van der Waals surface area (Å²) in [7, 11) is 0. The first-order valence-corrected chi connectivity index (χ1v) is 15.5. The van der Waals surface area contributed by atoms with E-state index in [0.717, 1.165) is 17.8 Å². The van der Waals surface area contributed by atoms with Gasteiger partial charge in [-0.15, -0.1) is 11.3 Å². The molecule has 4 aliphatic rings. The van der Waals surface area contributed by atoms with Crippen LogP contribution in [0.15, 0.2) is 41.3 Å². The molecule has 1 heterocycles.